The molecule has 9 heavy (non-hydrogen) atoms. The third-order valence-corrected chi connectivity index (χ3v) is 1.03. The van der Waals surface area contributed by atoms with Crippen molar-refractivity contribution in [1.82, 2.24) is 0 Å². The van der Waals surface area contributed by atoms with Crippen molar-refractivity contribution >= 4 is 0 Å². The van der Waals surface area contributed by atoms with Gasteiger partial charge in [-0.2, -0.15) is 0 Å². The largest absolute Gasteiger partial charge is 0.435 e. The van der Waals surface area contributed by atoms with Gasteiger partial charge in [-0.3, -0.25) is 0 Å². The summed E-state index contributed by atoms with van der Waals surface area (Å²) < 4.78 is 15.0. The molecule has 0 aromatic heterocycles. The molecule has 1 heterocycles. The Balaban J connectivity index is 2.36. The maximum Gasteiger partial charge on any atom is 0.367 e. The Kier molecular flexibility index (Phi) is 1.62. The first-order valence-electron chi connectivity index (χ1n) is 2.91. The lowest BCUT2D eigenvalue weighted by molar-refractivity contribution is -0.307. The van der Waals surface area contributed by atoms with Crippen LogP contribution in [0.2, 0.25) is 0 Å². The zero-order valence-electron chi connectivity index (χ0n) is 5.59. The van der Waals surface area contributed by atoms with E-state index in [1.807, 2.05) is 6.92 Å². The summed E-state index contributed by atoms with van der Waals surface area (Å²) in [6.07, 6.45) is 2.94. The lowest BCUT2D eigenvalue weighted by atomic mass is 10.6. The van der Waals surface area contributed by atoms with Crippen molar-refractivity contribution in [2.24, 2.45) is 0 Å². The molecule has 0 unspecified atom stereocenters. The highest BCUT2D eigenvalue weighted by Crippen LogP contribution is 2.19. The second kappa shape index (κ2) is 2.27. The van der Waals surface area contributed by atoms with E-state index in [4.69, 9.17) is 14.2 Å². The topological polar surface area (TPSA) is 27.7 Å². The molecule has 1 rings (SSSR count). The lowest BCUT2D eigenvalue weighted by Crippen LogP contribution is -2.29. The van der Waals surface area contributed by atoms with E-state index in [-0.39, 0.29) is 0 Å². The first kappa shape index (κ1) is 6.42. The van der Waals surface area contributed by atoms with Gasteiger partial charge in [-0.05, 0) is 6.92 Å². The van der Waals surface area contributed by atoms with Gasteiger partial charge in [-0.25, -0.2) is 0 Å². The normalized spacial score (nSPS) is 21.1. The van der Waals surface area contributed by atoms with Crippen LogP contribution in [0.3, 0.4) is 0 Å². The maximum absolute atomic E-state index is 5.08. The van der Waals surface area contributed by atoms with Crippen molar-refractivity contribution in [1.29, 1.82) is 0 Å². The Hall–Kier alpha value is -0.700. The minimum atomic E-state index is -0.866. The minimum Gasteiger partial charge on any atom is -0.435 e. The molecule has 0 saturated heterocycles. The first-order chi connectivity index (χ1) is 4.27. The highest BCUT2D eigenvalue weighted by atomic mass is 16.9. The van der Waals surface area contributed by atoms with Crippen molar-refractivity contribution in [2.45, 2.75) is 19.8 Å². The molecule has 0 aliphatic carbocycles. The van der Waals surface area contributed by atoms with Crippen molar-refractivity contribution in [3.8, 4) is 0 Å². The van der Waals surface area contributed by atoms with Crippen LogP contribution in [0.5, 0.6) is 0 Å². The third kappa shape index (κ3) is 1.36. The monoisotopic (exact) mass is 130 g/mol. The van der Waals surface area contributed by atoms with E-state index in [1.54, 1.807) is 6.92 Å². The summed E-state index contributed by atoms with van der Waals surface area (Å²) in [7, 11) is 0. The predicted octanol–water partition coefficient (Wildman–Crippen LogP) is 1.21. The van der Waals surface area contributed by atoms with E-state index in [9.17, 15) is 0 Å². The highest BCUT2D eigenvalue weighted by molar-refractivity contribution is 4.73. The van der Waals surface area contributed by atoms with Crippen LogP contribution in [-0.4, -0.2) is 12.6 Å². The predicted molar refractivity (Wildman–Crippen MR) is 31.3 cm³/mol. The Labute approximate surface area is 54.2 Å². The van der Waals surface area contributed by atoms with E-state index in [0.717, 1.165) is 0 Å². The summed E-state index contributed by atoms with van der Waals surface area (Å²) in [5.74, 6) is -0.866. The van der Waals surface area contributed by atoms with Gasteiger partial charge in [0.1, 0.15) is 12.5 Å². The fourth-order valence-corrected chi connectivity index (χ4v) is 0.661. The molecule has 0 aromatic carbocycles. The number of hydrogen-bond donors (Lipinski definition) is 0. The van der Waals surface area contributed by atoms with E-state index < -0.39 is 5.97 Å². The Morgan fingerprint density at radius 1 is 1.44 bits per heavy atom. The summed E-state index contributed by atoms with van der Waals surface area (Å²) in [6.45, 7) is 4.19. The fourth-order valence-electron chi connectivity index (χ4n) is 0.661. The molecule has 3 nitrogen and oxygen atoms in total. The molecule has 0 radical (unpaired) electrons. The molecule has 0 saturated carbocycles. The molecular weight excluding hydrogens is 120 g/mol. The van der Waals surface area contributed by atoms with Crippen LogP contribution in [0.1, 0.15) is 13.8 Å². The van der Waals surface area contributed by atoms with Gasteiger partial charge in [-0.1, -0.05) is 0 Å². The van der Waals surface area contributed by atoms with Gasteiger partial charge in [-0.15, -0.1) is 0 Å². The van der Waals surface area contributed by atoms with Crippen LogP contribution in [0.15, 0.2) is 12.5 Å². The van der Waals surface area contributed by atoms with Crippen LogP contribution >= 0.6 is 0 Å². The molecule has 0 spiro atoms. The van der Waals surface area contributed by atoms with Crippen LogP contribution in [-0.2, 0) is 14.2 Å². The smallest absolute Gasteiger partial charge is 0.367 e. The van der Waals surface area contributed by atoms with Gasteiger partial charge >= 0.3 is 5.97 Å². The van der Waals surface area contributed by atoms with E-state index in [0.29, 0.717) is 6.61 Å². The fraction of sp³-hybridized carbons (Fsp3) is 0.667. The molecule has 0 N–H and O–H groups in total. The van der Waals surface area contributed by atoms with Crippen LogP contribution in [0.4, 0.5) is 0 Å². The van der Waals surface area contributed by atoms with Gasteiger partial charge in [0.25, 0.3) is 0 Å². The Morgan fingerprint density at radius 2 is 2.00 bits per heavy atom. The van der Waals surface area contributed by atoms with Gasteiger partial charge in [0.15, 0.2) is 0 Å². The highest BCUT2D eigenvalue weighted by Gasteiger charge is 2.29. The molecule has 0 aromatic rings. The molecule has 0 bridgehead atoms. The first-order valence-corrected chi connectivity index (χ1v) is 2.91. The second-order valence-electron chi connectivity index (χ2n) is 1.80. The number of hydrogen-bond acceptors (Lipinski definition) is 3. The summed E-state index contributed by atoms with van der Waals surface area (Å²) in [6, 6.07) is 0. The molecule has 52 valence electrons. The standard InChI is InChI=1S/C6H10O3/c1-3-7-6(2)8-4-5-9-6/h4-5H,3H2,1-2H3. The lowest BCUT2D eigenvalue weighted by Gasteiger charge is -2.21. The van der Waals surface area contributed by atoms with E-state index >= 15 is 0 Å². The molecule has 3 heteroatoms. The summed E-state index contributed by atoms with van der Waals surface area (Å²) >= 11 is 0. The van der Waals surface area contributed by atoms with Crippen LogP contribution < -0.4 is 0 Å². The van der Waals surface area contributed by atoms with Crippen LogP contribution in [0.25, 0.3) is 0 Å². The maximum atomic E-state index is 5.08. The van der Waals surface area contributed by atoms with Gasteiger partial charge in [0.2, 0.25) is 0 Å². The Morgan fingerprint density at radius 3 is 2.44 bits per heavy atom. The summed E-state index contributed by atoms with van der Waals surface area (Å²) in [5, 5.41) is 0. The number of ether oxygens (including phenoxy) is 3. The molecule has 0 atom stereocenters. The van der Waals surface area contributed by atoms with Crippen molar-refractivity contribution in [3.63, 3.8) is 0 Å². The third-order valence-electron chi connectivity index (χ3n) is 1.03. The van der Waals surface area contributed by atoms with Crippen LogP contribution in [0, 0.1) is 0 Å². The summed E-state index contributed by atoms with van der Waals surface area (Å²) in [4.78, 5) is 0. The Bertz CT molecular complexity index is 111. The summed E-state index contributed by atoms with van der Waals surface area (Å²) in [5.41, 5.74) is 0. The zero-order chi connectivity index (χ0) is 6.74. The van der Waals surface area contributed by atoms with E-state index in [1.165, 1.54) is 12.5 Å². The van der Waals surface area contributed by atoms with Crippen molar-refractivity contribution < 1.29 is 14.2 Å². The van der Waals surface area contributed by atoms with Crippen molar-refractivity contribution in [2.75, 3.05) is 6.61 Å². The number of rotatable bonds is 2. The molecule has 1 aliphatic rings. The quantitative estimate of drug-likeness (QED) is 0.562. The molecule has 0 fully saturated rings. The van der Waals surface area contributed by atoms with Gasteiger partial charge in [0, 0.05) is 6.92 Å². The SMILES string of the molecule is CCOC1(C)OC=CO1. The molecule has 0 amide bonds. The average molecular weight is 130 g/mol. The van der Waals surface area contributed by atoms with Gasteiger partial charge in [0.05, 0.1) is 6.61 Å². The zero-order valence-corrected chi connectivity index (χ0v) is 5.59. The van der Waals surface area contributed by atoms with Crippen molar-refractivity contribution in [3.05, 3.63) is 12.5 Å². The van der Waals surface area contributed by atoms with Gasteiger partial charge < -0.3 is 14.2 Å². The molecule has 1 aliphatic heterocycles. The van der Waals surface area contributed by atoms with E-state index in [2.05, 4.69) is 0 Å². The second-order valence-corrected chi connectivity index (χ2v) is 1.80. The average Bonchev–Trinajstić information content (AvgIpc) is 2.16. The minimum absolute atomic E-state index is 0.582. The molecular formula is C6H10O3.